The summed E-state index contributed by atoms with van der Waals surface area (Å²) in [5.74, 6) is -5.68. The number of amides is 1. The van der Waals surface area contributed by atoms with Crippen molar-refractivity contribution in [1.29, 1.82) is 0 Å². The molecule has 0 atom stereocenters. The lowest BCUT2D eigenvalue weighted by Gasteiger charge is -2.28. The molecule has 0 spiro atoms. The average molecular weight is 470 g/mol. The number of ether oxygens (including phenoxy) is 3. The third-order valence-electron chi connectivity index (χ3n) is 4.66. The summed E-state index contributed by atoms with van der Waals surface area (Å²) in [5.41, 5.74) is -1.67. The fourth-order valence-corrected chi connectivity index (χ4v) is 3.24. The molecule has 0 aromatic heterocycles. The Morgan fingerprint density at radius 2 is 1.48 bits per heavy atom. The fraction of sp³-hybridized carbons (Fsp3) is 0.333. The van der Waals surface area contributed by atoms with Crippen molar-refractivity contribution in [1.82, 2.24) is 5.32 Å². The molecule has 12 heteroatoms. The first-order chi connectivity index (χ1) is 15.4. The molecule has 0 saturated heterocycles. The van der Waals surface area contributed by atoms with E-state index in [4.69, 9.17) is 4.74 Å². The number of hydrogen-bond acceptors (Lipinski definition) is 8. The molecule has 2 rings (SSSR count). The number of para-hydroxylation sites is 1. The normalized spacial score (nSPS) is 14.4. The van der Waals surface area contributed by atoms with Gasteiger partial charge in [-0.25, -0.2) is 9.59 Å². The van der Waals surface area contributed by atoms with Gasteiger partial charge in [0.05, 0.1) is 36.6 Å². The van der Waals surface area contributed by atoms with E-state index in [0.29, 0.717) is 0 Å². The number of anilines is 1. The number of alkyl halides is 3. The molecule has 0 saturated carbocycles. The van der Waals surface area contributed by atoms with E-state index >= 15 is 0 Å². The van der Waals surface area contributed by atoms with Crippen LogP contribution in [-0.4, -0.2) is 44.6 Å². The highest BCUT2D eigenvalue weighted by Gasteiger charge is 2.42. The largest absolute Gasteiger partial charge is 0.466 e. The number of hydrogen-bond donors (Lipinski definition) is 2. The molecule has 0 fully saturated rings. The van der Waals surface area contributed by atoms with Gasteiger partial charge in [0.1, 0.15) is 5.92 Å². The number of dihydropyridines is 1. The zero-order valence-electron chi connectivity index (χ0n) is 18.1. The Hall–Kier alpha value is -3.83. The molecule has 9 nitrogen and oxygen atoms in total. The number of carbonyl (C=O) groups excluding carboxylic acids is 4. The van der Waals surface area contributed by atoms with Crippen molar-refractivity contribution in [3.63, 3.8) is 0 Å². The average Bonchev–Trinajstić information content (AvgIpc) is 2.75. The lowest BCUT2D eigenvalue weighted by molar-refractivity contribution is -0.152. The first kappa shape index (κ1) is 25.4. The third kappa shape index (κ3) is 5.70. The van der Waals surface area contributed by atoms with Crippen molar-refractivity contribution < 1.29 is 46.6 Å². The molecule has 1 heterocycles. The van der Waals surface area contributed by atoms with E-state index in [1.165, 1.54) is 19.9 Å². The van der Waals surface area contributed by atoms with Crippen molar-refractivity contribution in [2.75, 3.05) is 26.1 Å². The highest BCUT2D eigenvalue weighted by atomic mass is 19.4. The summed E-state index contributed by atoms with van der Waals surface area (Å²) in [5, 5.41) is 4.80. The molecular formula is C21H21F3N2O7. The van der Waals surface area contributed by atoms with Gasteiger partial charge in [0.2, 0.25) is 0 Å². The van der Waals surface area contributed by atoms with E-state index in [1.54, 1.807) is 0 Å². The van der Waals surface area contributed by atoms with Gasteiger partial charge < -0.3 is 24.8 Å². The molecule has 178 valence electrons. The SMILES string of the molecule is COC(=O)C1=C(C)NC(C)=C(C(=O)OC)C1C(=O)OCC(=O)Nc1ccccc1C(F)(F)F. The standard InChI is InChI=1S/C21H21F3N2O7/c1-10-15(18(28)31-3)17(16(11(2)25-10)19(29)32-4)20(30)33-9-14(27)26-13-8-6-5-7-12(13)21(22,23)24/h5-8,17,25H,9H2,1-4H3,(H,26,27). The van der Waals surface area contributed by atoms with Crippen LogP contribution in [0.4, 0.5) is 18.9 Å². The van der Waals surface area contributed by atoms with Crippen molar-refractivity contribution in [2.45, 2.75) is 20.0 Å². The van der Waals surface area contributed by atoms with Gasteiger partial charge in [0.25, 0.3) is 5.91 Å². The number of carbonyl (C=O) groups is 4. The third-order valence-corrected chi connectivity index (χ3v) is 4.66. The second-order valence-corrected chi connectivity index (χ2v) is 6.82. The van der Waals surface area contributed by atoms with Crippen molar-refractivity contribution in [3.05, 3.63) is 52.4 Å². The summed E-state index contributed by atoms with van der Waals surface area (Å²) in [7, 11) is 2.14. The van der Waals surface area contributed by atoms with Gasteiger partial charge in [-0.05, 0) is 26.0 Å². The van der Waals surface area contributed by atoms with Gasteiger partial charge in [0.15, 0.2) is 6.61 Å². The molecular weight excluding hydrogens is 449 g/mol. The molecule has 1 amide bonds. The van der Waals surface area contributed by atoms with Crippen molar-refractivity contribution >= 4 is 29.5 Å². The molecule has 1 aliphatic rings. The van der Waals surface area contributed by atoms with E-state index < -0.39 is 53.8 Å². The lowest BCUT2D eigenvalue weighted by atomic mass is 9.85. The Bertz CT molecular complexity index is 1010. The molecule has 0 unspecified atom stereocenters. The van der Waals surface area contributed by atoms with E-state index in [-0.39, 0.29) is 22.5 Å². The monoisotopic (exact) mass is 470 g/mol. The van der Waals surface area contributed by atoms with Crippen LogP contribution in [0, 0.1) is 5.92 Å². The maximum absolute atomic E-state index is 13.1. The van der Waals surface area contributed by atoms with Crippen LogP contribution < -0.4 is 10.6 Å². The van der Waals surface area contributed by atoms with Crippen LogP contribution >= 0.6 is 0 Å². The van der Waals surface area contributed by atoms with Crippen LogP contribution in [0.2, 0.25) is 0 Å². The van der Waals surface area contributed by atoms with Crippen molar-refractivity contribution in [2.24, 2.45) is 5.92 Å². The maximum Gasteiger partial charge on any atom is 0.418 e. The first-order valence-corrected chi connectivity index (χ1v) is 9.40. The Morgan fingerprint density at radius 1 is 0.970 bits per heavy atom. The van der Waals surface area contributed by atoms with Gasteiger partial charge in [-0.3, -0.25) is 9.59 Å². The molecule has 2 N–H and O–H groups in total. The Morgan fingerprint density at radius 3 is 1.97 bits per heavy atom. The van der Waals surface area contributed by atoms with Gasteiger partial charge in [-0.15, -0.1) is 0 Å². The number of allylic oxidation sites excluding steroid dienone is 2. The highest BCUT2D eigenvalue weighted by Crippen LogP contribution is 2.35. The lowest BCUT2D eigenvalue weighted by Crippen LogP contribution is -2.38. The maximum atomic E-state index is 13.1. The second-order valence-electron chi connectivity index (χ2n) is 6.82. The van der Waals surface area contributed by atoms with Crippen LogP contribution in [0.3, 0.4) is 0 Å². The van der Waals surface area contributed by atoms with Crippen molar-refractivity contribution in [3.8, 4) is 0 Å². The zero-order chi connectivity index (χ0) is 24.9. The van der Waals surface area contributed by atoms with E-state index in [0.717, 1.165) is 32.4 Å². The Balaban J connectivity index is 2.26. The van der Waals surface area contributed by atoms with Crippen LogP contribution in [0.25, 0.3) is 0 Å². The number of methoxy groups -OCH3 is 2. The van der Waals surface area contributed by atoms with Gasteiger partial charge in [-0.1, -0.05) is 12.1 Å². The first-order valence-electron chi connectivity index (χ1n) is 9.40. The van der Waals surface area contributed by atoms with Crippen LogP contribution in [-0.2, 0) is 39.6 Å². The Kier molecular flexibility index (Phi) is 7.85. The highest BCUT2D eigenvalue weighted by molar-refractivity contribution is 6.06. The van der Waals surface area contributed by atoms with Gasteiger partial charge in [0, 0.05) is 11.4 Å². The van der Waals surface area contributed by atoms with E-state index in [2.05, 4.69) is 14.8 Å². The number of rotatable bonds is 6. The Labute approximate surface area is 186 Å². The quantitative estimate of drug-likeness (QED) is 0.480. The molecule has 0 aliphatic carbocycles. The molecule has 0 bridgehead atoms. The predicted molar refractivity (Wildman–Crippen MR) is 107 cm³/mol. The minimum absolute atomic E-state index is 0.206. The summed E-state index contributed by atoms with van der Waals surface area (Å²) in [6, 6.07) is 4.27. The molecule has 0 radical (unpaired) electrons. The fourth-order valence-electron chi connectivity index (χ4n) is 3.24. The second kappa shape index (κ2) is 10.2. The predicted octanol–water partition coefficient (Wildman–Crippen LogP) is 2.30. The summed E-state index contributed by atoms with van der Waals surface area (Å²) in [6.45, 7) is 1.95. The molecule has 1 aliphatic heterocycles. The number of halogens is 3. The summed E-state index contributed by atoms with van der Waals surface area (Å²) in [4.78, 5) is 49.6. The molecule has 1 aromatic rings. The number of esters is 3. The van der Waals surface area contributed by atoms with Gasteiger partial charge in [-0.2, -0.15) is 13.2 Å². The van der Waals surface area contributed by atoms with Crippen LogP contribution in [0.5, 0.6) is 0 Å². The topological polar surface area (TPSA) is 120 Å². The molecule has 1 aromatic carbocycles. The van der Waals surface area contributed by atoms with E-state index in [1.807, 2.05) is 5.32 Å². The van der Waals surface area contributed by atoms with E-state index in [9.17, 15) is 32.3 Å². The zero-order valence-corrected chi connectivity index (χ0v) is 18.1. The minimum atomic E-state index is -4.72. The van der Waals surface area contributed by atoms with Crippen LogP contribution in [0.15, 0.2) is 46.8 Å². The van der Waals surface area contributed by atoms with Crippen LogP contribution in [0.1, 0.15) is 19.4 Å². The smallest absolute Gasteiger partial charge is 0.418 e. The van der Waals surface area contributed by atoms with Gasteiger partial charge >= 0.3 is 24.1 Å². The molecule has 33 heavy (non-hydrogen) atoms. The number of nitrogens with one attached hydrogen (secondary N) is 2. The summed E-state index contributed by atoms with van der Waals surface area (Å²) < 4.78 is 53.6. The minimum Gasteiger partial charge on any atom is -0.466 e. The summed E-state index contributed by atoms with van der Waals surface area (Å²) >= 11 is 0. The summed E-state index contributed by atoms with van der Waals surface area (Å²) in [6.07, 6.45) is -4.72. The number of benzene rings is 1.